The molecule has 4 heterocycles. The molecule has 0 saturated carbocycles. The predicted molar refractivity (Wildman–Crippen MR) is 119 cm³/mol. The molecule has 0 aliphatic carbocycles. The van der Waals surface area contributed by atoms with Gasteiger partial charge in [0.05, 0.1) is 12.2 Å². The minimum atomic E-state index is -1.08. The van der Waals surface area contributed by atoms with E-state index in [0.717, 1.165) is 5.69 Å². The number of para-hydroxylation sites is 1. The highest BCUT2D eigenvalue weighted by Crippen LogP contribution is 2.26. The van der Waals surface area contributed by atoms with Gasteiger partial charge in [0.25, 0.3) is 5.56 Å². The van der Waals surface area contributed by atoms with Crippen molar-refractivity contribution in [3.63, 3.8) is 0 Å². The van der Waals surface area contributed by atoms with E-state index in [0.29, 0.717) is 47.9 Å². The van der Waals surface area contributed by atoms with E-state index in [-0.39, 0.29) is 5.56 Å². The molecule has 0 radical (unpaired) electrons. The minimum Gasteiger partial charge on any atom is -0.384 e. The quantitative estimate of drug-likeness (QED) is 0.489. The van der Waals surface area contributed by atoms with Crippen molar-refractivity contribution < 1.29 is 5.11 Å². The van der Waals surface area contributed by atoms with E-state index in [9.17, 15) is 9.90 Å². The molecule has 0 spiro atoms. The lowest BCUT2D eigenvalue weighted by atomic mass is 9.95. The zero-order valence-electron chi connectivity index (χ0n) is 17.1. The van der Waals surface area contributed by atoms with Crippen LogP contribution < -0.4 is 10.9 Å². The summed E-state index contributed by atoms with van der Waals surface area (Å²) >= 11 is 0. The Morgan fingerprint density at radius 3 is 2.74 bits per heavy atom. The number of nitrogens with zero attached hydrogens (tertiary/aromatic N) is 5. The summed E-state index contributed by atoms with van der Waals surface area (Å²) in [5.41, 5.74) is 0.589. The third-order valence-corrected chi connectivity index (χ3v) is 5.45. The predicted octanol–water partition coefficient (Wildman–Crippen LogP) is 3.28. The molecule has 1 aromatic carbocycles. The van der Waals surface area contributed by atoms with Gasteiger partial charge >= 0.3 is 0 Å². The van der Waals surface area contributed by atoms with Crippen LogP contribution >= 0.6 is 0 Å². The number of pyridine rings is 1. The summed E-state index contributed by atoms with van der Waals surface area (Å²) in [7, 11) is 0. The number of rotatable bonds is 2. The zero-order chi connectivity index (χ0) is 21.4. The third-order valence-electron chi connectivity index (χ3n) is 5.45. The Kier molecular flexibility index (Phi) is 4.63. The van der Waals surface area contributed by atoms with Crippen LogP contribution in [0.25, 0.3) is 16.9 Å². The Hall–Kier alpha value is -3.78. The Morgan fingerprint density at radius 1 is 1.06 bits per heavy atom. The summed E-state index contributed by atoms with van der Waals surface area (Å²) in [6.45, 7) is 2.13. The molecule has 5 rings (SSSR count). The van der Waals surface area contributed by atoms with E-state index in [4.69, 9.17) is 4.98 Å². The normalized spacial score (nSPS) is 19.4. The molecule has 0 fully saturated rings. The first-order valence-electron chi connectivity index (χ1n) is 10.2. The van der Waals surface area contributed by atoms with Crippen molar-refractivity contribution >= 4 is 22.7 Å². The molecular weight excluding hydrogens is 392 g/mol. The minimum absolute atomic E-state index is 0.191. The summed E-state index contributed by atoms with van der Waals surface area (Å²) < 4.78 is 3.29. The van der Waals surface area contributed by atoms with E-state index < -0.39 is 5.60 Å². The molecule has 8 heteroatoms. The van der Waals surface area contributed by atoms with Crippen LogP contribution in [0.3, 0.4) is 0 Å². The van der Waals surface area contributed by atoms with Gasteiger partial charge in [0.15, 0.2) is 11.5 Å². The first-order chi connectivity index (χ1) is 15.0. The lowest BCUT2D eigenvalue weighted by Gasteiger charge is -2.22. The summed E-state index contributed by atoms with van der Waals surface area (Å²) in [6.07, 6.45) is 6.66. The van der Waals surface area contributed by atoms with Crippen LogP contribution in [0.2, 0.25) is 0 Å². The summed E-state index contributed by atoms with van der Waals surface area (Å²) in [6, 6.07) is 15.0. The molecular formula is C23H22N6O2. The molecule has 0 unspecified atom stereocenters. The second kappa shape index (κ2) is 7.48. The lowest BCUT2D eigenvalue weighted by Crippen LogP contribution is -2.24. The van der Waals surface area contributed by atoms with Crippen molar-refractivity contribution in [3.8, 4) is 5.82 Å². The fourth-order valence-corrected chi connectivity index (χ4v) is 3.76. The summed E-state index contributed by atoms with van der Waals surface area (Å²) in [5.74, 6) is 0.900. The van der Waals surface area contributed by atoms with Crippen molar-refractivity contribution in [2.75, 3.05) is 5.32 Å². The second-order valence-electron chi connectivity index (χ2n) is 7.79. The number of anilines is 2. The topological polar surface area (TPSA) is 97.9 Å². The number of hydrogen-bond acceptors (Lipinski definition) is 6. The van der Waals surface area contributed by atoms with Gasteiger partial charge in [0.2, 0.25) is 5.95 Å². The van der Waals surface area contributed by atoms with Crippen LogP contribution in [-0.2, 0) is 12.1 Å². The lowest BCUT2D eigenvalue weighted by molar-refractivity contribution is 0.0443. The van der Waals surface area contributed by atoms with E-state index in [2.05, 4.69) is 15.3 Å². The third kappa shape index (κ3) is 3.51. The monoisotopic (exact) mass is 414 g/mol. The molecule has 156 valence electrons. The number of hydrogen-bond donors (Lipinski definition) is 2. The molecule has 2 N–H and O–H groups in total. The molecule has 1 aliphatic rings. The first kappa shape index (κ1) is 19.2. The second-order valence-corrected chi connectivity index (χ2v) is 7.79. The maximum Gasteiger partial charge on any atom is 0.278 e. The molecule has 0 amide bonds. The van der Waals surface area contributed by atoms with Gasteiger partial charge in [-0.05, 0) is 44.0 Å². The van der Waals surface area contributed by atoms with Crippen LogP contribution in [0, 0.1) is 0 Å². The van der Waals surface area contributed by atoms with Crippen LogP contribution in [0.4, 0.5) is 11.6 Å². The Balaban J connectivity index is 1.72. The van der Waals surface area contributed by atoms with Crippen LogP contribution in [-0.4, -0.2) is 29.4 Å². The van der Waals surface area contributed by atoms with Crippen molar-refractivity contribution in [2.45, 2.75) is 31.9 Å². The van der Waals surface area contributed by atoms with Gasteiger partial charge in [-0.25, -0.2) is 19.3 Å². The van der Waals surface area contributed by atoms with Gasteiger partial charge in [-0.1, -0.05) is 36.4 Å². The van der Waals surface area contributed by atoms with Crippen molar-refractivity contribution in [2.24, 2.45) is 0 Å². The SMILES string of the molecule is C[C@]1(O)CC/C=C\Cn2c(=O)c3cnc(Nc4ccccc4)nc3n2-c2cccc1n2. The van der Waals surface area contributed by atoms with E-state index in [1.165, 1.54) is 0 Å². The standard InChI is InChI=1S/C23H22N6O2/c1-23(31)13-6-3-7-14-28-21(30)17-15-24-22(25-16-9-4-2-5-10-16)27-20(17)29(28)19-12-8-11-18(23)26-19/h2-5,7-12,15,31H,6,13-14H2,1H3,(H,24,25,27)/b7-3-/t23-/m0/s1. The van der Waals surface area contributed by atoms with E-state index in [1.54, 1.807) is 28.6 Å². The molecule has 3 aromatic heterocycles. The molecule has 4 aromatic rings. The van der Waals surface area contributed by atoms with E-state index in [1.807, 2.05) is 54.6 Å². The van der Waals surface area contributed by atoms with Gasteiger partial charge in [-0.2, -0.15) is 4.98 Å². The van der Waals surface area contributed by atoms with E-state index >= 15 is 0 Å². The van der Waals surface area contributed by atoms with Gasteiger partial charge in [-0.15, -0.1) is 0 Å². The molecule has 31 heavy (non-hydrogen) atoms. The van der Waals surface area contributed by atoms with Crippen LogP contribution in [0.15, 0.2) is 71.7 Å². The summed E-state index contributed by atoms with van der Waals surface area (Å²) in [5, 5.41) is 14.5. The van der Waals surface area contributed by atoms with Crippen molar-refractivity contribution in [1.82, 2.24) is 24.3 Å². The maximum absolute atomic E-state index is 13.1. The van der Waals surface area contributed by atoms with Gasteiger partial charge in [-0.3, -0.25) is 4.79 Å². The fraction of sp³-hybridized carbons (Fsp3) is 0.217. The molecule has 8 nitrogen and oxygen atoms in total. The number of benzene rings is 1. The first-order valence-corrected chi connectivity index (χ1v) is 10.2. The largest absolute Gasteiger partial charge is 0.384 e. The van der Waals surface area contributed by atoms with Gasteiger partial charge < -0.3 is 10.4 Å². The number of fused-ring (bicyclic) bond motifs is 6. The highest BCUT2D eigenvalue weighted by atomic mass is 16.3. The maximum atomic E-state index is 13.1. The number of aliphatic hydroxyl groups is 1. The van der Waals surface area contributed by atoms with Crippen molar-refractivity contribution in [1.29, 1.82) is 0 Å². The number of aromatic nitrogens is 5. The number of allylic oxidation sites excluding steroid dienone is 2. The Bertz CT molecular complexity index is 1340. The molecule has 1 aliphatic heterocycles. The average Bonchev–Trinajstić information content (AvgIpc) is 3.04. The van der Waals surface area contributed by atoms with Crippen LogP contribution in [0.1, 0.15) is 25.5 Å². The Morgan fingerprint density at radius 2 is 1.90 bits per heavy atom. The average molecular weight is 414 g/mol. The zero-order valence-corrected chi connectivity index (χ0v) is 17.1. The van der Waals surface area contributed by atoms with Crippen LogP contribution in [0.5, 0.6) is 0 Å². The highest BCUT2D eigenvalue weighted by Gasteiger charge is 2.26. The van der Waals surface area contributed by atoms with Gasteiger partial charge in [0, 0.05) is 11.9 Å². The number of nitrogens with one attached hydrogen (secondary N) is 1. The highest BCUT2D eigenvalue weighted by molar-refractivity contribution is 5.77. The van der Waals surface area contributed by atoms with Gasteiger partial charge in [0.1, 0.15) is 11.0 Å². The molecule has 0 saturated heterocycles. The smallest absolute Gasteiger partial charge is 0.278 e. The Labute approximate surface area is 178 Å². The fourth-order valence-electron chi connectivity index (χ4n) is 3.76. The molecule has 2 bridgehead atoms. The summed E-state index contributed by atoms with van der Waals surface area (Å²) in [4.78, 5) is 26.8. The van der Waals surface area contributed by atoms with Crippen molar-refractivity contribution in [3.05, 3.63) is 82.9 Å². The molecule has 1 atom stereocenters.